The van der Waals surface area contributed by atoms with Crippen LogP contribution < -0.4 is 0 Å². The van der Waals surface area contributed by atoms with E-state index in [9.17, 15) is 0 Å². The van der Waals surface area contributed by atoms with E-state index in [1.807, 2.05) is 0 Å². The molecule has 0 saturated carbocycles. The molecule has 0 aromatic heterocycles. The van der Waals surface area contributed by atoms with Crippen LogP contribution in [0.3, 0.4) is 0 Å². The molecule has 0 heterocycles. The van der Waals surface area contributed by atoms with Crippen LogP contribution in [0.25, 0.3) is 0 Å². The second-order valence-corrected chi connectivity index (χ2v) is 5.83. The van der Waals surface area contributed by atoms with Crippen LogP contribution in [0, 0.1) is 0 Å². The van der Waals surface area contributed by atoms with Gasteiger partial charge in [-0.05, 0) is 19.3 Å². The molecule has 0 saturated heterocycles. The molecule has 0 radical (unpaired) electrons. The second-order valence-electron chi connectivity index (χ2n) is 4.27. The lowest BCUT2D eigenvalue weighted by atomic mass is 10.2. The number of alkyl halides is 1. The van der Waals surface area contributed by atoms with Crippen LogP contribution in [0.5, 0.6) is 0 Å². The Morgan fingerprint density at radius 3 is 2.19 bits per heavy atom. The summed E-state index contributed by atoms with van der Waals surface area (Å²) in [6.45, 7) is 6.51. The quantitative estimate of drug-likeness (QED) is 0.299. The minimum absolute atomic E-state index is 0.463. The first kappa shape index (κ1) is 16.4. The molecule has 98 valence electrons. The molecule has 0 rings (SSSR count). The summed E-state index contributed by atoms with van der Waals surface area (Å²) in [6, 6.07) is 0. The Balaban J connectivity index is 2.88. The molecule has 0 N–H and O–H groups in total. The predicted octanol–water partition coefficient (Wildman–Crippen LogP) is 4.51. The Morgan fingerprint density at radius 2 is 1.56 bits per heavy atom. The van der Waals surface area contributed by atoms with Crippen molar-refractivity contribution in [2.75, 3.05) is 20.0 Å². The highest BCUT2D eigenvalue weighted by Gasteiger charge is 1.95. The lowest BCUT2D eigenvalue weighted by molar-refractivity contribution is -0.0554. The van der Waals surface area contributed by atoms with Gasteiger partial charge in [-0.15, -0.1) is 0 Å². The van der Waals surface area contributed by atoms with Gasteiger partial charge < -0.3 is 9.47 Å². The lowest BCUT2D eigenvalue weighted by Crippen LogP contribution is -2.04. The van der Waals surface area contributed by atoms with E-state index >= 15 is 0 Å². The Hall–Kier alpha value is 0.400. The smallest absolute Gasteiger partial charge is 0.146 e. The molecule has 0 aromatic carbocycles. The fraction of sp³-hybridized carbons (Fsp3) is 1.00. The van der Waals surface area contributed by atoms with Gasteiger partial charge in [0.15, 0.2) is 0 Å². The van der Waals surface area contributed by atoms with E-state index < -0.39 is 0 Å². The second kappa shape index (κ2) is 13.5. The summed E-state index contributed by atoms with van der Waals surface area (Å²) in [5.74, 6) is 0. The maximum atomic E-state index is 5.39. The van der Waals surface area contributed by atoms with Crippen LogP contribution in [-0.2, 0) is 9.47 Å². The first-order valence-corrected chi connectivity index (χ1v) is 7.48. The zero-order chi connectivity index (χ0) is 12.1. The maximum Gasteiger partial charge on any atom is 0.146 e. The van der Waals surface area contributed by atoms with Gasteiger partial charge in [0.25, 0.3) is 0 Å². The van der Waals surface area contributed by atoms with Crippen molar-refractivity contribution in [1.82, 2.24) is 0 Å². The van der Waals surface area contributed by atoms with Crippen molar-refractivity contribution >= 4 is 15.9 Å². The molecule has 3 heteroatoms. The van der Waals surface area contributed by atoms with Gasteiger partial charge in [0, 0.05) is 18.0 Å². The molecule has 2 nitrogen and oxygen atoms in total. The molecule has 0 aliphatic carbocycles. The van der Waals surface area contributed by atoms with Gasteiger partial charge >= 0.3 is 0 Å². The number of rotatable bonds is 12. The molecular weight excluding hydrogens is 268 g/mol. The third kappa shape index (κ3) is 14.4. The van der Waals surface area contributed by atoms with Gasteiger partial charge in [-0.1, -0.05) is 55.5 Å². The highest BCUT2D eigenvalue weighted by Crippen LogP contribution is 2.06. The largest absolute Gasteiger partial charge is 0.355 e. The van der Waals surface area contributed by atoms with Crippen molar-refractivity contribution < 1.29 is 9.47 Å². The van der Waals surface area contributed by atoms with Gasteiger partial charge in [-0.3, -0.25) is 0 Å². The van der Waals surface area contributed by atoms with Crippen molar-refractivity contribution in [3.63, 3.8) is 0 Å². The first-order valence-electron chi connectivity index (χ1n) is 6.57. The standard InChI is InChI=1S/C13H27BrO2/c1-3-4-5-6-7-10-15-12-16-11-8-9-13(2)14/h13H,3-12H2,1-2H3. The van der Waals surface area contributed by atoms with E-state index in [2.05, 4.69) is 29.8 Å². The van der Waals surface area contributed by atoms with Crippen LogP contribution in [-0.4, -0.2) is 24.8 Å². The average Bonchev–Trinajstić information content (AvgIpc) is 2.25. The van der Waals surface area contributed by atoms with E-state index in [4.69, 9.17) is 9.47 Å². The van der Waals surface area contributed by atoms with Crippen LogP contribution in [0.15, 0.2) is 0 Å². The monoisotopic (exact) mass is 294 g/mol. The normalized spacial score (nSPS) is 12.9. The fourth-order valence-corrected chi connectivity index (χ4v) is 1.77. The average molecular weight is 295 g/mol. The predicted molar refractivity (Wildman–Crippen MR) is 73.2 cm³/mol. The van der Waals surface area contributed by atoms with Gasteiger partial charge in [0.1, 0.15) is 6.79 Å². The topological polar surface area (TPSA) is 18.5 Å². The summed E-state index contributed by atoms with van der Waals surface area (Å²) in [6.07, 6.45) is 8.71. The Morgan fingerprint density at radius 1 is 0.938 bits per heavy atom. The summed E-state index contributed by atoms with van der Waals surface area (Å²) in [5, 5.41) is 0. The van der Waals surface area contributed by atoms with E-state index in [1.165, 1.54) is 32.1 Å². The van der Waals surface area contributed by atoms with E-state index in [-0.39, 0.29) is 0 Å². The van der Waals surface area contributed by atoms with Crippen LogP contribution in [0.4, 0.5) is 0 Å². The third-order valence-electron chi connectivity index (χ3n) is 2.45. The van der Waals surface area contributed by atoms with Crippen LogP contribution in [0.2, 0.25) is 0 Å². The zero-order valence-corrected chi connectivity index (χ0v) is 12.4. The molecule has 1 atom stereocenters. The number of ether oxygens (including phenoxy) is 2. The van der Waals surface area contributed by atoms with Gasteiger partial charge in [0.2, 0.25) is 0 Å². The Bertz CT molecular complexity index is 129. The van der Waals surface area contributed by atoms with E-state index in [0.717, 1.165) is 26.1 Å². The molecular formula is C13H27BrO2. The van der Waals surface area contributed by atoms with E-state index in [1.54, 1.807) is 0 Å². The van der Waals surface area contributed by atoms with Crippen molar-refractivity contribution in [3.8, 4) is 0 Å². The van der Waals surface area contributed by atoms with Crippen molar-refractivity contribution in [2.24, 2.45) is 0 Å². The minimum Gasteiger partial charge on any atom is -0.355 e. The molecule has 0 aromatic rings. The number of hydrogen-bond acceptors (Lipinski definition) is 2. The summed E-state index contributed by atoms with van der Waals surface area (Å²) in [7, 11) is 0. The Kier molecular flexibility index (Phi) is 13.8. The van der Waals surface area contributed by atoms with Crippen molar-refractivity contribution in [1.29, 1.82) is 0 Å². The highest BCUT2D eigenvalue weighted by molar-refractivity contribution is 9.09. The zero-order valence-electron chi connectivity index (χ0n) is 10.8. The first-order chi connectivity index (χ1) is 7.77. The third-order valence-corrected chi connectivity index (χ3v) is 2.91. The van der Waals surface area contributed by atoms with E-state index in [0.29, 0.717) is 11.6 Å². The maximum absolute atomic E-state index is 5.39. The fourth-order valence-electron chi connectivity index (χ4n) is 1.45. The van der Waals surface area contributed by atoms with Gasteiger partial charge in [-0.2, -0.15) is 0 Å². The number of halogens is 1. The summed E-state index contributed by atoms with van der Waals surface area (Å²) < 4.78 is 10.8. The summed E-state index contributed by atoms with van der Waals surface area (Å²) in [5.41, 5.74) is 0. The summed E-state index contributed by atoms with van der Waals surface area (Å²) in [4.78, 5) is 0.593. The molecule has 0 aliphatic rings. The van der Waals surface area contributed by atoms with Crippen LogP contribution in [0.1, 0.15) is 58.8 Å². The molecule has 0 amide bonds. The lowest BCUT2D eigenvalue weighted by Gasteiger charge is -2.06. The van der Waals surface area contributed by atoms with Crippen LogP contribution >= 0.6 is 15.9 Å². The van der Waals surface area contributed by atoms with Crippen molar-refractivity contribution in [3.05, 3.63) is 0 Å². The van der Waals surface area contributed by atoms with Gasteiger partial charge in [-0.25, -0.2) is 0 Å². The number of unbranched alkanes of at least 4 members (excludes halogenated alkanes) is 4. The molecule has 0 spiro atoms. The SMILES string of the molecule is CCCCCCCOCOCCCC(C)Br. The Labute approximate surface area is 109 Å². The van der Waals surface area contributed by atoms with Gasteiger partial charge in [0.05, 0.1) is 0 Å². The number of hydrogen-bond donors (Lipinski definition) is 0. The molecule has 0 fully saturated rings. The molecule has 0 aliphatic heterocycles. The highest BCUT2D eigenvalue weighted by atomic mass is 79.9. The summed E-state index contributed by atoms with van der Waals surface area (Å²) >= 11 is 3.51. The molecule has 16 heavy (non-hydrogen) atoms. The molecule has 0 bridgehead atoms. The minimum atomic E-state index is 0.463. The van der Waals surface area contributed by atoms with Crippen molar-refractivity contribution in [2.45, 2.75) is 63.6 Å². The molecule has 1 unspecified atom stereocenters.